The number of ether oxygens (including phenoxy) is 1. The van der Waals surface area contributed by atoms with Gasteiger partial charge >= 0.3 is 0 Å². The molecule has 150 valence electrons. The molecule has 1 fully saturated rings. The van der Waals surface area contributed by atoms with Crippen molar-refractivity contribution in [2.75, 3.05) is 13.2 Å². The van der Waals surface area contributed by atoms with Crippen molar-refractivity contribution in [1.29, 1.82) is 0 Å². The zero-order valence-corrected chi connectivity index (χ0v) is 16.0. The molecule has 0 aromatic heterocycles. The maximum Gasteiger partial charge on any atom is 0.148 e. The van der Waals surface area contributed by atoms with Crippen LogP contribution in [0, 0.1) is 17.8 Å². The Morgan fingerprint density at radius 1 is 1.19 bits per heavy atom. The van der Waals surface area contributed by atoms with Gasteiger partial charge in [-0.15, -0.1) is 0 Å². The summed E-state index contributed by atoms with van der Waals surface area (Å²) < 4.78 is 5.63. The number of aliphatic hydroxyl groups is 4. The Kier molecular flexibility index (Phi) is 8.56. The van der Waals surface area contributed by atoms with Gasteiger partial charge in [0.2, 0.25) is 0 Å². The van der Waals surface area contributed by atoms with E-state index in [0.29, 0.717) is 0 Å². The maximum atomic E-state index is 12.7. The standard InChI is InChI=1S/C19H32O7/c1-5-7-11(3)18-19(4,26-18)17(25)14(10-21)16(24)13(9-20)15(23)8-12(22)6-2/h5,7,11,13-15,17-18,20-21,23,25H,6,8-10H2,1-4H3/t11-,13+,14-,15?,17-,18+,19?/m0/s1. The van der Waals surface area contributed by atoms with Crippen LogP contribution < -0.4 is 0 Å². The first-order valence-electron chi connectivity index (χ1n) is 9.11. The molecule has 0 bridgehead atoms. The first kappa shape index (κ1) is 22.9. The van der Waals surface area contributed by atoms with Crippen molar-refractivity contribution in [3.8, 4) is 0 Å². The fraction of sp³-hybridized carbons (Fsp3) is 0.789. The molecule has 1 heterocycles. The van der Waals surface area contributed by atoms with Gasteiger partial charge in [-0.2, -0.15) is 0 Å². The van der Waals surface area contributed by atoms with Gasteiger partial charge in [0.05, 0.1) is 43.4 Å². The lowest BCUT2D eigenvalue weighted by Gasteiger charge is -2.28. The molecule has 0 aromatic carbocycles. The molecular weight excluding hydrogens is 340 g/mol. The van der Waals surface area contributed by atoms with Crippen molar-refractivity contribution >= 4 is 11.6 Å². The number of aliphatic hydroxyl groups excluding tert-OH is 4. The molecule has 1 rings (SSSR count). The topological polar surface area (TPSA) is 128 Å². The predicted molar refractivity (Wildman–Crippen MR) is 95.3 cm³/mol. The van der Waals surface area contributed by atoms with Crippen molar-refractivity contribution in [3.05, 3.63) is 12.2 Å². The van der Waals surface area contributed by atoms with E-state index in [0.717, 1.165) is 0 Å². The van der Waals surface area contributed by atoms with Gasteiger partial charge in [0, 0.05) is 18.8 Å². The molecule has 7 nitrogen and oxygen atoms in total. The van der Waals surface area contributed by atoms with E-state index in [1.54, 1.807) is 13.8 Å². The molecule has 7 atom stereocenters. The van der Waals surface area contributed by atoms with Crippen molar-refractivity contribution < 1.29 is 34.8 Å². The molecule has 0 amide bonds. The smallest absolute Gasteiger partial charge is 0.148 e. The molecule has 1 saturated heterocycles. The summed E-state index contributed by atoms with van der Waals surface area (Å²) in [6.07, 6.45) is 0.816. The van der Waals surface area contributed by atoms with Gasteiger partial charge in [0.15, 0.2) is 0 Å². The van der Waals surface area contributed by atoms with Gasteiger partial charge in [0.1, 0.15) is 17.2 Å². The third kappa shape index (κ3) is 4.98. The Labute approximate surface area is 154 Å². The Morgan fingerprint density at radius 2 is 1.77 bits per heavy atom. The minimum Gasteiger partial charge on any atom is -0.396 e. The fourth-order valence-electron chi connectivity index (χ4n) is 3.45. The molecule has 1 aliphatic heterocycles. The van der Waals surface area contributed by atoms with E-state index in [1.807, 2.05) is 26.0 Å². The molecular formula is C19H32O7. The quantitative estimate of drug-likeness (QED) is 0.285. The molecule has 0 radical (unpaired) electrons. The van der Waals surface area contributed by atoms with Gasteiger partial charge in [-0.05, 0) is 13.8 Å². The molecule has 0 aliphatic carbocycles. The molecule has 1 aliphatic rings. The summed E-state index contributed by atoms with van der Waals surface area (Å²) >= 11 is 0. The van der Waals surface area contributed by atoms with E-state index in [-0.39, 0.29) is 30.6 Å². The highest BCUT2D eigenvalue weighted by atomic mass is 16.6. The molecule has 2 unspecified atom stereocenters. The highest BCUT2D eigenvalue weighted by molar-refractivity contribution is 5.86. The van der Waals surface area contributed by atoms with Crippen LogP contribution >= 0.6 is 0 Å². The third-order valence-corrected chi connectivity index (χ3v) is 5.25. The molecule has 4 N–H and O–H groups in total. The number of allylic oxidation sites excluding steroid dienone is 1. The summed E-state index contributed by atoms with van der Waals surface area (Å²) in [6, 6.07) is 0. The van der Waals surface area contributed by atoms with Crippen LogP contribution in [0.15, 0.2) is 12.2 Å². The number of rotatable bonds is 12. The Bertz CT molecular complexity index is 518. The van der Waals surface area contributed by atoms with E-state index >= 15 is 0 Å². The molecule has 0 spiro atoms. The molecule has 26 heavy (non-hydrogen) atoms. The van der Waals surface area contributed by atoms with Gasteiger partial charge in [-0.1, -0.05) is 26.0 Å². The van der Waals surface area contributed by atoms with Crippen LogP contribution in [0.5, 0.6) is 0 Å². The van der Waals surface area contributed by atoms with Crippen LogP contribution in [0.4, 0.5) is 0 Å². The van der Waals surface area contributed by atoms with Crippen molar-refractivity contribution in [1.82, 2.24) is 0 Å². The van der Waals surface area contributed by atoms with Gasteiger partial charge in [-0.25, -0.2) is 0 Å². The van der Waals surface area contributed by atoms with E-state index in [9.17, 15) is 30.0 Å². The maximum absolute atomic E-state index is 12.7. The second kappa shape index (κ2) is 9.71. The second-order valence-corrected chi connectivity index (χ2v) is 7.20. The molecule has 0 aromatic rings. The Morgan fingerprint density at radius 3 is 2.23 bits per heavy atom. The van der Waals surface area contributed by atoms with Gasteiger partial charge < -0.3 is 25.2 Å². The first-order chi connectivity index (χ1) is 12.2. The lowest BCUT2D eigenvalue weighted by atomic mass is 9.79. The Balaban J connectivity index is 2.88. The number of carbonyl (C=O) groups is 2. The highest BCUT2D eigenvalue weighted by Gasteiger charge is 2.61. The average molecular weight is 372 g/mol. The average Bonchev–Trinajstić information content (AvgIpc) is 3.29. The molecule has 0 saturated carbocycles. The third-order valence-electron chi connectivity index (χ3n) is 5.25. The summed E-state index contributed by atoms with van der Waals surface area (Å²) in [6.45, 7) is 5.79. The zero-order valence-electron chi connectivity index (χ0n) is 16.0. The highest BCUT2D eigenvalue weighted by Crippen LogP contribution is 2.46. The van der Waals surface area contributed by atoms with Gasteiger partial charge in [0.25, 0.3) is 0 Å². The summed E-state index contributed by atoms with van der Waals surface area (Å²) in [5.41, 5.74) is -0.994. The van der Waals surface area contributed by atoms with E-state index in [4.69, 9.17) is 4.74 Å². The van der Waals surface area contributed by atoms with E-state index in [2.05, 4.69) is 0 Å². The van der Waals surface area contributed by atoms with Crippen molar-refractivity contribution in [2.24, 2.45) is 17.8 Å². The second-order valence-electron chi connectivity index (χ2n) is 7.20. The van der Waals surface area contributed by atoms with E-state index in [1.165, 1.54) is 0 Å². The summed E-state index contributed by atoms with van der Waals surface area (Å²) in [5, 5.41) is 40.0. The van der Waals surface area contributed by atoms with Gasteiger partial charge in [-0.3, -0.25) is 9.59 Å². The normalized spacial score (nSPS) is 28.4. The number of carbonyl (C=O) groups excluding carboxylic acids is 2. The first-order valence-corrected chi connectivity index (χ1v) is 9.11. The number of hydrogen-bond donors (Lipinski definition) is 4. The van der Waals surface area contributed by atoms with Crippen LogP contribution in [0.2, 0.25) is 0 Å². The minimum absolute atomic E-state index is 0.0236. The number of hydrogen-bond acceptors (Lipinski definition) is 7. The number of epoxide rings is 1. The Hall–Kier alpha value is -1.12. The van der Waals surface area contributed by atoms with E-state index < -0.39 is 48.6 Å². The lowest BCUT2D eigenvalue weighted by Crippen LogP contribution is -2.47. The van der Waals surface area contributed by atoms with Crippen LogP contribution in [-0.2, 0) is 14.3 Å². The van der Waals surface area contributed by atoms with Crippen LogP contribution in [0.3, 0.4) is 0 Å². The van der Waals surface area contributed by atoms with Crippen LogP contribution in [-0.4, -0.2) is 69.1 Å². The van der Waals surface area contributed by atoms with Crippen LogP contribution in [0.1, 0.15) is 40.5 Å². The lowest BCUT2D eigenvalue weighted by molar-refractivity contribution is -0.140. The summed E-state index contributed by atoms with van der Waals surface area (Å²) in [7, 11) is 0. The minimum atomic E-state index is -1.35. The molecule has 7 heteroatoms. The monoisotopic (exact) mass is 372 g/mol. The van der Waals surface area contributed by atoms with Crippen molar-refractivity contribution in [2.45, 2.75) is 64.4 Å². The predicted octanol–water partition coefficient (Wildman–Crippen LogP) is 0.233. The zero-order chi connectivity index (χ0) is 20.1. The fourth-order valence-corrected chi connectivity index (χ4v) is 3.45. The van der Waals surface area contributed by atoms with Crippen molar-refractivity contribution in [3.63, 3.8) is 0 Å². The number of ketones is 2. The number of Topliss-reactive ketones (excluding diaryl/α,β-unsaturated/α-hetero) is 2. The summed E-state index contributed by atoms with van der Waals surface area (Å²) in [5.74, 6) is -3.34. The summed E-state index contributed by atoms with van der Waals surface area (Å²) in [4.78, 5) is 24.2. The largest absolute Gasteiger partial charge is 0.396 e. The SMILES string of the molecule is CC=C[C@H](C)[C@H]1OC1(C)[C@@H](O)[C@@H](CO)C(=O)[C@H](CO)C(O)CC(=O)CC. The van der Waals surface area contributed by atoms with Crippen LogP contribution in [0.25, 0.3) is 0 Å².